The fourth-order valence-electron chi connectivity index (χ4n) is 1.49. The number of rotatable bonds is 5. The predicted octanol–water partition coefficient (Wildman–Crippen LogP) is 0.966. The van der Waals surface area contributed by atoms with Gasteiger partial charge in [0.15, 0.2) is 0 Å². The Bertz CT molecular complexity index is 311. The zero-order valence-corrected chi connectivity index (χ0v) is 13.0. The lowest BCUT2D eigenvalue weighted by molar-refractivity contribution is -0.130. The van der Waals surface area contributed by atoms with Crippen molar-refractivity contribution in [1.82, 2.24) is 15.5 Å². The summed E-state index contributed by atoms with van der Waals surface area (Å²) < 4.78 is 5.13. The van der Waals surface area contributed by atoms with Crippen molar-refractivity contribution in [3.63, 3.8) is 0 Å². The highest BCUT2D eigenvalue weighted by Crippen LogP contribution is 2.06. The molecule has 0 aromatic rings. The van der Waals surface area contributed by atoms with E-state index in [1.165, 1.54) is 4.90 Å². The summed E-state index contributed by atoms with van der Waals surface area (Å²) in [6.07, 6.45) is -0.451. The molecular formula is C13H27N3O3. The number of ether oxygens (including phenoxy) is 1. The molecule has 6 heteroatoms. The van der Waals surface area contributed by atoms with E-state index in [0.29, 0.717) is 6.54 Å². The first-order valence-electron chi connectivity index (χ1n) is 6.47. The number of nitrogens with zero attached hydrogens (tertiary/aromatic N) is 1. The molecule has 112 valence electrons. The Morgan fingerprint density at radius 1 is 1.21 bits per heavy atom. The molecule has 6 nitrogen and oxygen atoms in total. The van der Waals surface area contributed by atoms with E-state index in [4.69, 9.17) is 4.74 Å². The summed E-state index contributed by atoms with van der Waals surface area (Å²) in [6.45, 7) is 9.54. The van der Waals surface area contributed by atoms with Crippen molar-refractivity contribution < 1.29 is 14.3 Å². The van der Waals surface area contributed by atoms with Gasteiger partial charge in [-0.2, -0.15) is 0 Å². The van der Waals surface area contributed by atoms with Gasteiger partial charge in [0.2, 0.25) is 5.91 Å². The van der Waals surface area contributed by atoms with Crippen LogP contribution < -0.4 is 10.6 Å². The molecule has 0 aromatic heterocycles. The van der Waals surface area contributed by atoms with Crippen LogP contribution in [0.1, 0.15) is 34.6 Å². The molecule has 0 rings (SSSR count). The SMILES string of the molecule is CC(CNC(=O)OC(C)(C)C)NC(C)C(=O)N(C)C. The maximum absolute atomic E-state index is 11.7. The standard InChI is InChI=1S/C13H27N3O3/c1-9(15-10(2)11(17)16(6)7)8-14-12(18)19-13(3,4)5/h9-10,15H,8H2,1-7H3,(H,14,18). The number of likely N-dealkylation sites (N-methyl/N-ethyl adjacent to an activating group) is 1. The summed E-state index contributed by atoms with van der Waals surface area (Å²) in [5.74, 6) is 0.00381. The summed E-state index contributed by atoms with van der Waals surface area (Å²) in [5.41, 5.74) is -0.505. The quantitative estimate of drug-likeness (QED) is 0.783. The first kappa shape index (κ1) is 17.7. The van der Waals surface area contributed by atoms with Crippen LogP contribution >= 0.6 is 0 Å². The van der Waals surface area contributed by atoms with Gasteiger partial charge in [-0.25, -0.2) is 4.79 Å². The lowest BCUT2D eigenvalue weighted by atomic mass is 10.2. The molecular weight excluding hydrogens is 246 g/mol. The maximum Gasteiger partial charge on any atom is 0.407 e. The average molecular weight is 273 g/mol. The lowest BCUT2D eigenvalue weighted by Crippen LogP contribution is -2.49. The number of alkyl carbamates (subject to hydrolysis) is 1. The van der Waals surface area contributed by atoms with Crippen LogP contribution in [-0.4, -0.2) is 55.2 Å². The summed E-state index contributed by atoms with van der Waals surface area (Å²) in [4.78, 5) is 24.6. The van der Waals surface area contributed by atoms with Crippen molar-refractivity contribution in [1.29, 1.82) is 0 Å². The molecule has 0 aromatic carbocycles. The van der Waals surface area contributed by atoms with E-state index >= 15 is 0 Å². The summed E-state index contributed by atoms with van der Waals surface area (Å²) in [5, 5.41) is 5.78. The average Bonchev–Trinajstić information content (AvgIpc) is 2.22. The molecule has 0 radical (unpaired) electrons. The van der Waals surface area contributed by atoms with Crippen molar-refractivity contribution in [2.45, 2.75) is 52.3 Å². The molecule has 0 fully saturated rings. The smallest absolute Gasteiger partial charge is 0.407 e. The number of hydrogen-bond donors (Lipinski definition) is 2. The first-order valence-corrected chi connectivity index (χ1v) is 6.47. The highest BCUT2D eigenvalue weighted by atomic mass is 16.6. The lowest BCUT2D eigenvalue weighted by Gasteiger charge is -2.24. The van der Waals surface area contributed by atoms with Gasteiger partial charge in [0.1, 0.15) is 5.60 Å². The topological polar surface area (TPSA) is 70.7 Å². The minimum atomic E-state index is -0.505. The van der Waals surface area contributed by atoms with Crippen molar-refractivity contribution >= 4 is 12.0 Å². The number of carbonyl (C=O) groups is 2. The third kappa shape index (κ3) is 8.42. The van der Waals surface area contributed by atoms with Gasteiger partial charge in [-0.1, -0.05) is 0 Å². The third-order valence-corrected chi connectivity index (χ3v) is 2.30. The molecule has 2 unspecified atom stereocenters. The van der Waals surface area contributed by atoms with Gasteiger partial charge in [-0.05, 0) is 34.6 Å². The summed E-state index contributed by atoms with van der Waals surface area (Å²) in [6, 6.07) is -0.308. The van der Waals surface area contributed by atoms with E-state index in [2.05, 4.69) is 10.6 Å². The largest absolute Gasteiger partial charge is 0.444 e. The Morgan fingerprint density at radius 2 is 1.74 bits per heavy atom. The zero-order chi connectivity index (χ0) is 15.2. The fraction of sp³-hybridized carbons (Fsp3) is 0.846. The fourth-order valence-corrected chi connectivity index (χ4v) is 1.49. The predicted molar refractivity (Wildman–Crippen MR) is 75.0 cm³/mol. The molecule has 0 saturated heterocycles. The summed E-state index contributed by atoms with van der Waals surface area (Å²) in [7, 11) is 3.42. The molecule has 0 aliphatic carbocycles. The Hall–Kier alpha value is -1.30. The van der Waals surface area contributed by atoms with E-state index in [1.807, 2.05) is 27.7 Å². The van der Waals surface area contributed by atoms with Crippen LogP contribution in [-0.2, 0) is 9.53 Å². The summed E-state index contributed by atoms with van der Waals surface area (Å²) >= 11 is 0. The van der Waals surface area contributed by atoms with Gasteiger partial charge >= 0.3 is 6.09 Å². The molecule has 2 atom stereocenters. The Morgan fingerprint density at radius 3 is 2.16 bits per heavy atom. The van der Waals surface area contributed by atoms with Crippen molar-refractivity contribution in [2.24, 2.45) is 0 Å². The van der Waals surface area contributed by atoms with Crippen LogP contribution in [0.3, 0.4) is 0 Å². The van der Waals surface area contributed by atoms with Crippen molar-refractivity contribution in [2.75, 3.05) is 20.6 Å². The molecule has 0 saturated carbocycles. The molecule has 0 aliphatic heterocycles. The second-order valence-electron chi connectivity index (χ2n) is 5.90. The molecule has 0 bridgehead atoms. The van der Waals surface area contributed by atoms with Gasteiger partial charge < -0.3 is 20.3 Å². The van der Waals surface area contributed by atoms with E-state index in [-0.39, 0.29) is 18.0 Å². The number of carbonyl (C=O) groups excluding carboxylic acids is 2. The monoisotopic (exact) mass is 273 g/mol. The van der Waals surface area contributed by atoms with E-state index in [1.54, 1.807) is 21.0 Å². The molecule has 0 spiro atoms. The van der Waals surface area contributed by atoms with E-state index < -0.39 is 11.7 Å². The number of nitrogens with one attached hydrogen (secondary N) is 2. The van der Waals surface area contributed by atoms with Gasteiger partial charge in [0.25, 0.3) is 0 Å². The Kier molecular flexibility index (Phi) is 6.83. The van der Waals surface area contributed by atoms with Gasteiger partial charge in [0.05, 0.1) is 6.04 Å². The van der Waals surface area contributed by atoms with Crippen LogP contribution in [0.5, 0.6) is 0 Å². The van der Waals surface area contributed by atoms with Crippen LogP contribution in [0.4, 0.5) is 4.79 Å². The van der Waals surface area contributed by atoms with Gasteiger partial charge in [0, 0.05) is 26.7 Å². The van der Waals surface area contributed by atoms with Crippen LogP contribution in [0.15, 0.2) is 0 Å². The van der Waals surface area contributed by atoms with E-state index in [9.17, 15) is 9.59 Å². The second-order valence-corrected chi connectivity index (χ2v) is 5.90. The normalized spacial score (nSPS) is 14.5. The van der Waals surface area contributed by atoms with Gasteiger partial charge in [-0.3, -0.25) is 4.79 Å². The zero-order valence-electron chi connectivity index (χ0n) is 13.0. The third-order valence-electron chi connectivity index (χ3n) is 2.30. The van der Waals surface area contributed by atoms with Crippen LogP contribution in [0.2, 0.25) is 0 Å². The molecule has 0 aliphatic rings. The van der Waals surface area contributed by atoms with Crippen molar-refractivity contribution in [3.8, 4) is 0 Å². The molecule has 19 heavy (non-hydrogen) atoms. The molecule has 2 amide bonds. The van der Waals surface area contributed by atoms with Crippen LogP contribution in [0.25, 0.3) is 0 Å². The number of amides is 2. The Balaban J connectivity index is 4.03. The molecule has 2 N–H and O–H groups in total. The first-order chi connectivity index (χ1) is 8.53. The highest BCUT2D eigenvalue weighted by molar-refractivity contribution is 5.80. The maximum atomic E-state index is 11.7. The Labute approximate surface area is 115 Å². The van der Waals surface area contributed by atoms with Gasteiger partial charge in [-0.15, -0.1) is 0 Å². The minimum Gasteiger partial charge on any atom is -0.444 e. The minimum absolute atomic E-state index is 0.00381. The second kappa shape index (κ2) is 7.33. The van der Waals surface area contributed by atoms with Crippen molar-refractivity contribution in [3.05, 3.63) is 0 Å². The van der Waals surface area contributed by atoms with Crippen LogP contribution in [0, 0.1) is 0 Å². The highest BCUT2D eigenvalue weighted by Gasteiger charge is 2.19. The molecule has 0 heterocycles. The number of hydrogen-bond acceptors (Lipinski definition) is 4. The van der Waals surface area contributed by atoms with E-state index in [0.717, 1.165) is 0 Å².